The number of aromatic nitrogens is 1. The smallest absolute Gasteiger partial charge is 0.227 e. The van der Waals surface area contributed by atoms with Crippen molar-refractivity contribution < 1.29 is 4.42 Å². The van der Waals surface area contributed by atoms with Gasteiger partial charge in [-0.05, 0) is 94.0 Å². The van der Waals surface area contributed by atoms with E-state index in [-0.39, 0.29) is 0 Å². The van der Waals surface area contributed by atoms with Crippen molar-refractivity contribution in [1.29, 1.82) is 0 Å². The summed E-state index contributed by atoms with van der Waals surface area (Å²) in [6.45, 7) is 0. The number of benzene rings is 8. The predicted molar refractivity (Wildman–Crippen MR) is 223 cm³/mol. The molecule has 0 aliphatic rings. The van der Waals surface area contributed by atoms with Crippen molar-refractivity contribution in [2.75, 3.05) is 4.90 Å². The summed E-state index contributed by atoms with van der Waals surface area (Å²) in [5.41, 5.74) is 13.1. The van der Waals surface area contributed by atoms with Crippen LogP contribution in [0.5, 0.6) is 0 Å². The lowest BCUT2D eigenvalue weighted by Crippen LogP contribution is -2.10. The fourth-order valence-electron chi connectivity index (χ4n) is 7.32. The maximum atomic E-state index is 6.23. The minimum atomic E-state index is 0.645. The molecule has 2 aromatic heterocycles. The molecule has 0 aliphatic heterocycles. The highest BCUT2D eigenvalue weighted by molar-refractivity contribution is 7.26. The Hall–Kier alpha value is -6.75. The van der Waals surface area contributed by atoms with Gasteiger partial charge in [-0.2, -0.15) is 0 Å². The van der Waals surface area contributed by atoms with E-state index >= 15 is 0 Å². The summed E-state index contributed by atoms with van der Waals surface area (Å²) in [6, 6.07) is 68.8. The first-order valence-electron chi connectivity index (χ1n) is 17.8. The Kier molecular flexibility index (Phi) is 7.67. The zero-order valence-corrected chi connectivity index (χ0v) is 29.5. The second kappa shape index (κ2) is 13.1. The molecule has 0 unspecified atom stereocenters. The van der Waals surface area contributed by atoms with Crippen molar-refractivity contribution in [2.45, 2.75) is 0 Å². The number of nitrogens with zero attached hydrogens (tertiary/aromatic N) is 2. The van der Waals surface area contributed by atoms with E-state index in [1.807, 2.05) is 30.3 Å². The Morgan fingerprint density at radius 2 is 0.981 bits per heavy atom. The maximum Gasteiger partial charge on any atom is 0.227 e. The minimum Gasteiger partial charge on any atom is -0.436 e. The molecule has 53 heavy (non-hydrogen) atoms. The number of anilines is 3. The number of rotatable bonds is 7. The van der Waals surface area contributed by atoms with Crippen molar-refractivity contribution >= 4 is 59.7 Å². The Morgan fingerprint density at radius 3 is 1.66 bits per heavy atom. The van der Waals surface area contributed by atoms with Gasteiger partial charge in [-0.3, -0.25) is 0 Å². The summed E-state index contributed by atoms with van der Waals surface area (Å²) in [5.74, 6) is 0.645. The van der Waals surface area contributed by atoms with Crippen molar-refractivity contribution in [3.63, 3.8) is 0 Å². The normalized spacial score (nSPS) is 11.4. The van der Waals surface area contributed by atoms with Crippen LogP contribution < -0.4 is 4.90 Å². The van der Waals surface area contributed by atoms with Gasteiger partial charge in [0, 0.05) is 48.9 Å². The second-order valence-electron chi connectivity index (χ2n) is 13.2. The van der Waals surface area contributed by atoms with Gasteiger partial charge in [-0.1, -0.05) is 127 Å². The standard InChI is InChI=1S/C49H32N2OS/c1-4-12-33(13-5-1)35-22-26-39(27-23-35)51(41-19-10-18-38(30-41)34-14-6-2-7-15-34)40-28-24-36(25-29-40)42-20-11-21-46-48(42)43-31-44-45(32-47(43)53-46)52-49(50-44)37-16-8-3-9-17-37/h1-32H. The molecule has 8 aromatic carbocycles. The fraction of sp³-hybridized carbons (Fsp3) is 0. The zero-order valence-electron chi connectivity index (χ0n) is 28.7. The highest BCUT2D eigenvalue weighted by atomic mass is 32.1. The van der Waals surface area contributed by atoms with Crippen LogP contribution in [0.1, 0.15) is 0 Å². The molecule has 0 saturated carbocycles. The first-order chi connectivity index (χ1) is 26.2. The van der Waals surface area contributed by atoms with E-state index in [9.17, 15) is 0 Å². The van der Waals surface area contributed by atoms with Crippen LogP contribution in [0, 0.1) is 0 Å². The quantitative estimate of drug-likeness (QED) is 0.166. The molecule has 10 rings (SSSR count). The predicted octanol–water partition coefficient (Wildman–Crippen LogP) is 14.3. The van der Waals surface area contributed by atoms with Gasteiger partial charge in [0.15, 0.2) is 5.58 Å². The molecule has 0 saturated heterocycles. The number of thiophene rings is 1. The maximum absolute atomic E-state index is 6.23. The summed E-state index contributed by atoms with van der Waals surface area (Å²) in [6.07, 6.45) is 0. The van der Waals surface area contributed by atoms with Gasteiger partial charge in [0.05, 0.1) is 0 Å². The molecule has 0 fully saturated rings. The van der Waals surface area contributed by atoms with Gasteiger partial charge in [0.25, 0.3) is 0 Å². The van der Waals surface area contributed by atoms with Crippen molar-refractivity contribution in [1.82, 2.24) is 4.98 Å². The molecule has 0 aliphatic carbocycles. The van der Waals surface area contributed by atoms with Crippen LogP contribution in [0.2, 0.25) is 0 Å². The molecule has 2 heterocycles. The molecule has 0 radical (unpaired) electrons. The molecule has 0 bridgehead atoms. The molecular weight excluding hydrogens is 665 g/mol. The van der Waals surface area contributed by atoms with Gasteiger partial charge in [0.1, 0.15) is 5.52 Å². The average molecular weight is 697 g/mol. The van der Waals surface area contributed by atoms with Gasteiger partial charge >= 0.3 is 0 Å². The Labute approximate surface area is 311 Å². The van der Waals surface area contributed by atoms with Crippen molar-refractivity contribution in [3.05, 3.63) is 194 Å². The van der Waals surface area contributed by atoms with Gasteiger partial charge in [-0.25, -0.2) is 4.98 Å². The molecule has 3 nitrogen and oxygen atoms in total. The van der Waals surface area contributed by atoms with E-state index in [0.717, 1.165) is 33.7 Å². The number of hydrogen-bond donors (Lipinski definition) is 0. The third kappa shape index (κ3) is 5.76. The molecule has 250 valence electrons. The van der Waals surface area contributed by atoms with E-state index in [4.69, 9.17) is 9.40 Å². The van der Waals surface area contributed by atoms with Crippen LogP contribution in [0.4, 0.5) is 17.1 Å². The highest BCUT2D eigenvalue weighted by Gasteiger charge is 2.18. The van der Waals surface area contributed by atoms with E-state index in [0.29, 0.717) is 5.89 Å². The molecule has 0 amide bonds. The zero-order chi connectivity index (χ0) is 35.1. The van der Waals surface area contributed by atoms with E-state index in [2.05, 4.69) is 169 Å². The summed E-state index contributed by atoms with van der Waals surface area (Å²) in [4.78, 5) is 7.24. The van der Waals surface area contributed by atoms with Crippen molar-refractivity contribution in [2.24, 2.45) is 0 Å². The van der Waals surface area contributed by atoms with Crippen LogP contribution in [-0.2, 0) is 0 Å². The Balaban J connectivity index is 1.06. The second-order valence-corrected chi connectivity index (χ2v) is 14.3. The van der Waals surface area contributed by atoms with Crippen LogP contribution in [0.25, 0.3) is 76.1 Å². The van der Waals surface area contributed by atoms with Gasteiger partial charge in [-0.15, -0.1) is 11.3 Å². The number of hydrogen-bond acceptors (Lipinski definition) is 4. The molecular formula is C49H32N2OS. The third-order valence-electron chi connectivity index (χ3n) is 9.91. The number of oxazole rings is 1. The van der Waals surface area contributed by atoms with E-state index < -0.39 is 0 Å². The molecule has 0 N–H and O–H groups in total. The summed E-state index contributed by atoms with van der Waals surface area (Å²) < 4.78 is 8.67. The molecule has 0 spiro atoms. The van der Waals surface area contributed by atoms with E-state index in [1.54, 1.807) is 11.3 Å². The monoisotopic (exact) mass is 696 g/mol. The minimum absolute atomic E-state index is 0.645. The summed E-state index contributed by atoms with van der Waals surface area (Å²) in [5, 5.41) is 2.44. The average Bonchev–Trinajstić information content (AvgIpc) is 3.82. The lowest BCUT2D eigenvalue weighted by atomic mass is 9.98. The first-order valence-corrected chi connectivity index (χ1v) is 18.6. The first kappa shape index (κ1) is 31.0. The summed E-state index contributed by atoms with van der Waals surface area (Å²) >= 11 is 1.80. The summed E-state index contributed by atoms with van der Waals surface area (Å²) in [7, 11) is 0. The molecule has 4 heteroatoms. The largest absolute Gasteiger partial charge is 0.436 e. The van der Waals surface area contributed by atoms with Gasteiger partial charge < -0.3 is 9.32 Å². The fourth-order valence-corrected chi connectivity index (χ4v) is 8.46. The van der Waals surface area contributed by atoms with Gasteiger partial charge in [0.2, 0.25) is 5.89 Å². The molecule has 10 aromatic rings. The Morgan fingerprint density at radius 1 is 0.415 bits per heavy atom. The number of fused-ring (bicyclic) bond motifs is 4. The Bertz CT molecular complexity index is 2860. The SMILES string of the molecule is c1ccc(-c2ccc(N(c3ccc(-c4cccc5sc6cc7oc(-c8ccccc8)nc7cc6c45)cc3)c3cccc(-c4ccccc4)c3)cc2)cc1. The lowest BCUT2D eigenvalue weighted by molar-refractivity contribution is 0.620. The molecule has 0 atom stereocenters. The lowest BCUT2D eigenvalue weighted by Gasteiger charge is -2.26. The van der Waals surface area contributed by atoms with Crippen molar-refractivity contribution in [3.8, 4) is 44.8 Å². The van der Waals surface area contributed by atoms with Crippen LogP contribution in [-0.4, -0.2) is 4.98 Å². The van der Waals surface area contributed by atoms with Crippen LogP contribution >= 0.6 is 11.3 Å². The third-order valence-corrected chi connectivity index (χ3v) is 11.0. The van der Waals surface area contributed by atoms with Crippen LogP contribution in [0.15, 0.2) is 199 Å². The highest BCUT2D eigenvalue weighted by Crippen LogP contribution is 2.43. The topological polar surface area (TPSA) is 29.3 Å². The van der Waals surface area contributed by atoms with Crippen LogP contribution in [0.3, 0.4) is 0 Å². The van der Waals surface area contributed by atoms with E-state index in [1.165, 1.54) is 53.6 Å².